The van der Waals surface area contributed by atoms with Gasteiger partial charge in [0.25, 0.3) is 0 Å². The van der Waals surface area contributed by atoms with Gasteiger partial charge < -0.3 is 34.9 Å². The Hall–Kier alpha value is -5.28. The van der Waals surface area contributed by atoms with Crippen molar-refractivity contribution in [2.75, 3.05) is 27.3 Å². The molecule has 2 saturated heterocycles. The van der Waals surface area contributed by atoms with Crippen LogP contribution < -0.4 is 10.6 Å². The van der Waals surface area contributed by atoms with Crippen LogP contribution in [0, 0.1) is 11.8 Å². The molecule has 8 rings (SSSR count). The van der Waals surface area contributed by atoms with Crippen molar-refractivity contribution in [2.45, 2.75) is 84.0 Å². The van der Waals surface area contributed by atoms with Crippen LogP contribution in [0.4, 0.5) is 15.3 Å². The number of carbonyl (C=O) groups excluding carboxylic acids is 4. The largest absolute Gasteiger partial charge is 0.453 e. The average Bonchev–Trinajstić information content (AvgIpc) is 4.06. The Bertz CT molecular complexity index is 2380. The molecule has 3 aromatic heterocycles. The topological polar surface area (TPSA) is 158 Å². The highest BCUT2D eigenvalue weighted by Gasteiger charge is 2.40. The molecule has 0 saturated carbocycles. The zero-order valence-corrected chi connectivity index (χ0v) is 35.2. The summed E-state index contributed by atoms with van der Waals surface area (Å²) in [5.41, 5.74) is 5.16. The molecule has 0 spiro atoms. The third kappa shape index (κ3) is 7.57. The van der Waals surface area contributed by atoms with Gasteiger partial charge in [-0.2, -0.15) is 0 Å². The molecule has 0 unspecified atom stereocenters. The van der Waals surface area contributed by atoms with E-state index < -0.39 is 24.3 Å². The number of likely N-dealkylation sites (tertiary alicyclic amines) is 2. The standard InChI is InChI=1S/C43H49N7O6S2/c1-22(2)37(47-42(53)55-5)40(51)49-13-7-9-31(49)29-16-25-15-24(11-12-28(25)45-29)33-17-26-18-35-27(19-34(26)57-33)20-36(58-35)30-21-44-39(46-30)32-10-8-14-50(32)41(52)38(23(3)4)48-43(54)56-6/h11-12,15,17-23,31-32,37-38H,7-10,13-14,16H2,1-6H3,(H,44,46)(H,47,53)(H,48,54)/t31-,32-,37-,38-/m0/s1. The Labute approximate surface area is 345 Å². The van der Waals surface area contributed by atoms with E-state index in [0.29, 0.717) is 19.5 Å². The van der Waals surface area contributed by atoms with E-state index in [4.69, 9.17) is 19.5 Å². The molecule has 58 heavy (non-hydrogen) atoms. The van der Waals surface area contributed by atoms with Crippen molar-refractivity contribution in [1.82, 2.24) is 30.4 Å². The number of aliphatic imine (C=N–C) groups is 1. The lowest BCUT2D eigenvalue weighted by atomic mass is 9.99. The number of hydrogen-bond acceptors (Lipinski definition) is 10. The van der Waals surface area contributed by atoms with Crippen molar-refractivity contribution in [3.05, 3.63) is 60.0 Å². The number of nitrogens with zero attached hydrogens (tertiary/aromatic N) is 4. The smallest absolute Gasteiger partial charge is 0.407 e. The molecule has 0 radical (unpaired) electrons. The van der Waals surface area contributed by atoms with Crippen LogP contribution in [-0.4, -0.2) is 94.9 Å². The molecule has 2 fully saturated rings. The molecule has 3 N–H and O–H groups in total. The minimum absolute atomic E-state index is 0.0848. The van der Waals surface area contributed by atoms with Gasteiger partial charge in [0, 0.05) is 39.5 Å². The fourth-order valence-corrected chi connectivity index (χ4v) is 10.6. The molecule has 2 aromatic carbocycles. The fraction of sp³-hybridized carbons (Fsp3) is 0.442. The van der Waals surface area contributed by atoms with Gasteiger partial charge in [-0.15, -0.1) is 22.7 Å². The highest BCUT2D eigenvalue weighted by atomic mass is 32.1. The first-order valence-corrected chi connectivity index (χ1v) is 21.6. The summed E-state index contributed by atoms with van der Waals surface area (Å²) in [6, 6.07) is 13.8. The monoisotopic (exact) mass is 823 g/mol. The van der Waals surface area contributed by atoms with Crippen LogP contribution in [0.5, 0.6) is 0 Å². The number of imidazole rings is 1. The molecule has 4 atom stereocenters. The Balaban J connectivity index is 0.965. The van der Waals surface area contributed by atoms with Crippen LogP contribution >= 0.6 is 22.7 Å². The molecule has 5 aromatic rings. The van der Waals surface area contributed by atoms with Crippen molar-refractivity contribution in [3.63, 3.8) is 0 Å². The summed E-state index contributed by atoms with van der Waals surface area (Å²) < 4.78 is 12.0. The second kappa shape index (κ2) is 16.2. The quantitative estimate of drug-likeness (QED) is 0.128. The average molecular weight is 824 g/mol. The molecule has 6 heterocycles. The van der Waals surface area contributed by atoms with Crippen LogP contribution in [0.25, 0.3) is 41.2 Å². The molecule has 13 nitrogen and oxygen atoms in total. The van der Waals surface area contributed by atoms with Crippen molar-refractivity contribution in [2.24, 2.45) is 16.8 Å². The number of hydrogen-bond donors (Lipinski definition) is 3. The molecule has 304 valence electrons. The first-order chi connectivity index (χ1) is 27.9. The van der Waals surface area contributed by atoms with Gasteiger partial charge >= 0.3 is 12.2 Å². The second-order valence-electron chi connectivity index (χ2n) is 16.0. The summed E-state index contributed by atoms with van der Waals surface area (Å²) in [7, 11) is 2.60. The summed E-state index contributed by atoms with van der Waals surface area (Å²) in [5, 5.41) is 7.79. The minimum Gasteiger partial charge on any atom is -0.453 e. The summed E-state index contributed by atoms with van der Waals surface area (Å²) in [5.74, 6) is 0.343. The van der Waals surface area contributed by atoms with Gasteiger partial charge in [0.1, 0.15) is 17.9 Å². The number of thiophene rings is 2. The van der Waals surface area contributed by atoms with Crippen LogP contribution in [0.1, 0.15) is 70.8 Å². The Morgan fingerprint density at radius 3 is 1.95 bits per heavy atom. The number of amides is 4. The van der Waals surface area contributed by atoms with E-state index in [1.54, 1.807) is 22.7 Å². The predicted octanol–water partition coefficient (Wildman–Crippen LogP) is 8.22. The summed E-state index contributed by atoms with van der Waals surface area (Å²) >= 11 is 3.48. The van der Waals surface area contributed by atoms with Gasteiger partial charge in [-0.1, -0.05) is 33.8 Å². The number of alkyl carbamates (subject to hydrolysis) is 2. The molecule has 3 aliphatic heterocycles. The van der Waals surface area contributed by atoms with E-state index in [1.807, 2.05) is 43.7 Å². The minimum atomic E-state index is -0.682. The lowest BCUT2D eigenvalue weighted by Crippen LogP contribution is -2.53. The number of methoxy groups -OCH3 is 2. The number of ether oxygens (including phenoxy) is 2. The Morgan fingerprint density at radius 2 is 1.34 bits per heavy atom. The van der Waals surface area contributed by atoms with Crippen molar-refractivity contribution in [1.29, 1.82) is 0 Å². The Kier molecular flexibility index (Phi) is 11.0. The number of aromatic amines is 1. The Morgan fingerprint density at radius 1 is 0.776 bits per heavy atom. The van der Waals surface area contributed by atoms with E-state index in [-0.39, 0.29) is 35.7 Å². The highest BCUT2D eigenvalue weighted by Crippen LogP contribution is 2.42. The first-order valence-electron chi connectivity index (χ1n) is 20.0. The van der Waals surface area contributed by atoms with Crippen molar-refractivity contribution < 1.29 is 28.7 Å². The lowest BCUT2D eigenvalue weighted by Gasteiger charge is -2.30. The van der Waals surface area contributed by atoms with E-state index in [9.17, 15) is 19.2 Å². The van der Waals surface area contributed by atoms with Gasteiger partial charge in [-0.25, -0.2) is 14.6 Å². The van der Waals surface area contributed by atoms with Crippen molar-refractivity contribution >= 4 is 78.2 Å². The number of nitrogens with one attached hydrogen (secondary N) is 3. The third-order valence-electron chi connectivity index (χ3n) is 11.6. The molecule has 15 heteroatoms. The number of fused-ring (bicyclic) bond motifs is 3. The second-order valence-corrected chi connectivity index (χ2v) is 18.2. The normalized spacial score (nSPS) is 18.9. The highest BCUT2D eigenvalue weighted by molar-refractivity contribution is 7.23. The van der Waals surface area contributed by atoms with Crippen LogP contribution in [0.3, 0.4) is 0 Å². The summed E-state index contributed by atoms with van der Waals surface area (Å²) in [6.45, 7) is 8.91. The van der Waals surface area contributed by atoms with Gasteiger partial charge in [0.05, 0.1) is 48.8 Å². The van der Waals surface area contributed by atoms with Gasteiger partial charge in [0.15, 0.2) is 0 Å². The summed E-state index contributed by atoms with van der Waals surface area (Å²) in [6.07, 6.45) is 4.71. The zero-order valence-electron chi connectivity index (χ0n) is 33.6. The lowest BCUT2D eigenvalue weighted by molar-refractivity contribution is -0.135. The predicted molar refractivity (Wildman–Crippen MR) is 228 cm³/mol. The number of H-pyrrole nitrogens is 1. The van der Waals surface area contributed by atoms with Gasteiger partial charge in [-0.05, 0) is 95.8 Å². The fourth-order valence-electron chi connectivity index (χ4n) is 8.50. The van der Waals surface area contributed by atoms with Crippen LogP contribution in [0.2, 0.25) is 0 Å². The van der Waals surface area contributed by atoms with Crippen LogP contribution in [0.15, 0.2) is 53.7 Å². The molecule has 4 amide bonds. The maximum Gasteiger partial charge on any atom is 0.407 e. The maximum atomic E-state index is 13.7. The van der Waals surface area contributed by atoms with E-state index in [1.165, 1.54) is 33.9 Å². The molecule has 3 aliphatic rings. The molecule has 0 bridgehead atoms. The number of aromatic nitrogens is 2. The third-order valence-corrected chi connectivity index (χ3v) is 13.8. The molecule has 0 aliphatic carbocycles. The van der Waals surface area contributed by atoms with Crippen molar-refractivity contribution in [3.8, 4) is 21.0 Å². The summed E-state index contributed by atoms with van der Waals surface area (Å²) in [4.78, 5) is 70.6. The number of benzene rings is 2. The van der Waals surface area contributed by atoms with E-state index >= 15 is 0 Å². The van der Waals surface area contributed by atoms with Crippen LogP contribution in [-0.2, 0) is 25.5 Å². The molecular formula is C43H49N7O6S2. The van der Waals surface area contributed by atoms with Gasteiger partial charge in [-0.3, -0.25) is 14.6 Å². The SMILES string of the molecule is COC(=O)N[C@H](C(=O)N1CCC[C@H]1C1=Nc2ccc(-c3cc4cc5sc(-c6cnc([C@@H]7CCCN7C(=O)[C@@H](NC(=O)OC)C(C)C)[nH]6)cc5cc4s3)cc2C1)C(C)C. The first kappa shape index (κ1) is 39.5. The van der Waals surface area contributed by atoms with E-state index in [0.717, 1.165) is 70.0 Å². The maximum absolute atomic E-state index is 13.7. The number of rotatable bonds is 10. The van der Waals surface area contributed by atoms with Gasteiger partial charge in [0.2, 0.25) is 11.8 Å². The number of carbonyl (C=O) groups is 4. The zero-order chi connectivity index (χ0) is 40.8. The van der Waals surface area contributed by atoms with E-state index in [2.05, 4.69) is 58.1 Å². The molecular weight excluding hydrogens is 775 g/mol.